The summed E-state index contributed by atoms with van der Waals surface area (Å²) in [6.45, 7) is 0.846. The molecule has 0 bridgehead atoms. The normalized spacial score (nSPS) is 11.1. The summed E-state index contributed by atoms with van der Waals surface area (Å²) in [5, 5.41) is 1.09. The maximum atomic E-state index is 13.5. The fourth-order valence-corrected chi connectivity index (χ4v) is 4.21. The van der Waals surface area contributed by atoms with Gasteiger partial charge in [0.2, 0.25) is 0 Å². The number of hydrogen-bond donors (Lipinski definition) is 1. The second kappa shape index (κ2) is 9.02. The average molecular weight is 452 g/mol. The van der Waals surface area contributed by atoms with Gasteiger partial charge in [-0.15, -0.1) is 0 Å². The van der Waals surface area contributed by atoms with Crippen LogP contribution in [0, 0.1) is 0 Å². The molecule has 4 nitrogen and oxygen atoms in total. The van der Waals surface area contributed by atoms with Gasteiger partial charge in [-0.25, -0.2) is 4.98 Å². The summed E-state index contributed by atoms with van der Waals surface area (Å²) >= 11 is 6.20. The van der Waals surface area contributed by atoms with E-state index < -0.39 is 0 Å². The van der Waals surface area contributed by atoms with Gasteiger partial charge in [0, 0.05) is 17.1 Å². The first-order chi connectivity index (χ1) is 16.1. The topological polar surface area (TPSA) is 60.9 Å². The van der Waals surface area contributed by atoms with E-state index in [0.29, 0.717) is 34.8 Å². The zero-order valence-corrected chi connectivity index (χ0v) is 18.7. The van der Waals surface area contributed by atoms with Gasteiger partial charge in [0.25, 0.3) is 5.56 Å². The summed E-state index contributed by atoms with van der Waals surface area (Å²) in [6.07, 6.45) is 0. The predicted molar refractivity (Wildman–Crippen MR) is 135 cm³/mol. The summed E-state index contributed by atoms with van der Waals surface area (Å²) in [7, 11) is 0. The molecule has 0 fully saturated rings. The molecule has 0 spiro atoms. The van der Waals surface area contributed by atoms with Gasteiger partial charge < -0.3 is 5.73 Å². The maximum Gasteiger partial charge on any atom is 0.261 e. The summed E-state index contributed by atoms with van der Waals surface area (Å²) in [6, 6.07) is 31.5. The molecule has 0 saturated heterocycles. The molecule has 1 heterocycles. The van der Waals surface area contributed by atoms with E-state index in [4.69, 9.17) is 22.3 Å². The maximum absolute atomic E-state index is 13.5. The van der Waals surface area contributed by atoms with Crippen LogP contribution in [0.5, 0.6) is 0 Å². The predicted octanol–water partition coefficient (Wildman–Crippen LogP) is 5.89. The van der Waals surface area contributed by atoms with Gasteiger partial charge in [0.05, 0.1) is 17.4 Å². The molecule has 0 aliphatic heterocycles. The Labute approximate surface area is 196 Å². The molecule has 0 saturated carbocycles. The van der Waals surface area contributed by atoms with Crippen LogP contribution in [0.1, 0.15) is 11.1 Å². The lowest BCUT2D eigenvalue weighted by Gasteiger charge is -2.15. The molecule has 1 aromatic heterocycles. The number of halogens is 1. The molecule has 33 heavy (non-hydrogen) atoms. The van der Waals surface area contributed by atoms with Gasteiger partial charge in [-0.1, -0.05) is 90.5 Å². The van der Waals surface area contributed by atoms with Crippen molar-refractivity contribution in [1.29, 1.82) is 0 Å². The van der Waals surface area contributed by atoms with Crippen LogP contribution in [0.4, 0.5) is 0 Å². The van der Waals surface area contributed by atoms with Gasteiger partial charge in [0.1, 0.15) is 5.82 Å². The highest BCUT2D eigenvalue weighted by molar-refractivity contribution is 6.31. The Morgan fingerprint density at radius 1 is 0.758 bits per heavy atom. The molecular weight excluding hydrogens is 430 g/mol. The van der Waals surface area contributed by atoms with E-state index in [1.807, 2.05) is 54.6 Å². The molecule has 0 amide bonds. The van der Waals surface area contributed by atoms with Crippen molar-refractivity contribution in [3.63, 3.8) is 0 Å². The lowest BCUT2D eigenvalue weighted by atomic mass is 10.0. The number of nitrogens with two attached hydrogens (primary N) is 1. The smallest absolute Gasteiger partial charge is 0.261 e. The lowest BCUT2D eigenvalue weighted by molar-refractivity contribution is 0.758. The minimum atomic E-state index is -0.100. The van der Waals surface area contributed by atoms with Crippen molar-refractivity contribution in [2.24, 2.45) is 5.73 Å². The van der Waals surface area contributed by atoms with Crippen molar-refractivity contribution in [3.8, 4) is 22.5 Å². The van der Waals surface area contributed by atoms with Crippen LogP contribution in [0.15, 0.2) is 102 Å². The van der Waals surface area contributed by atoms with Crippen LogP contribution in [0.25, 0.3) is 33.4 Å². The fraction of sp³-hybridized carbons (Fsp3) is 0.0714. The molecule has 0 unspecified atom stereocenters. The van der Waals surface area contributed by atoms with Crippen LogP contribution in [0.2, 0.25) is 5.02 Å². The first kappa shape index (κ1) is 21.1. The standard InChI is InChI=1S/C28H22ClN3O/c29-24-13-14-25-26(16-24)31-27(23-11-9-22(10-12-23)21-7-2-1-3-8-21)32(28(25)33)18-20-6-4-5-19(15-20)17-30/h1-16H,17-18,30H2. The molecule has 2 N–H and O–H groups in total. The van der Waals surface area contributed by atoms with Gasteiger partial charge in [-0.3, -0.25) is 9.36 Å². The van der Waals surface area contributed by atoms with Gasteiger partial charge in [0.15, 0.2) is 0 Å². The molecule has 0 aliphatic carbocycles. The van der Waals surface area contributed by atoms with Crippen LogP contribution in [-0.4, -0.2) is 9.55 Å². The summed E-state index contributed by atoms with van der Waals surface area (Å²) < 4.78 is 1.73. The highest BCUT2D eigenvalue weighted by Crippen LogP contribution is 2.26. The first-order valence-corrected chi connectivity index (χ1v) is 11.1. The Kier molecular flexibility index (Phi) is 5.78. The summed E-state index contributed by atoms with van der Waals surface area (Å²) in [5.74, 6) is 0.604. The zero-order valence-electron chi connectivity index (χ0n) is 17.9. The Morgan fingerprint density at radius 2 is 1.45 bits per heavy atom. The zero-order chi connectivity index (χ0) is 22.8. The molecule has 162 valence electrons. The highest BCUT2D eigenvalue weighted by atomic mass is 35.5. The molecule has 0 atom stereocenters. The van der Waals surface area contributed by atoms with Crippen LogP contribution >= 0.6 is 11.6 Å². The monoisotopic (exact) mass is 451 g/mol. The van der Waals surface area contributed by atoms with Crippen molar-refractivity contribution >= 4 is 22.5 Å². The van der Waals surface area contributed by atoms with Crippen molar-refractivity contribution in [1.82, 2.24) is 9.55 Å². The number of hydrogen-bond acceptors (Lipinski definition) is 3. The second-order valence-corrected chi connectivity index (χ2v) is 8.39. The number of nitrogens with zero attached hydrogens (tertiary/aromatic N) is 2. The Bertz CT molecular complexity index is 1490. The SMILES string of the molecule is NCc1cccc(Cn2c(-c3ccc(-c4ccccc4)cc3)nc3cc(Cl)ccc3c2=O)c1. The average Bonchev–Trinajstić information content (AvgIpc) is 2.86. The molecule has 5 heteroatoms. The van der Waals surface area contributed by atoms with E-state index in [0.717, 1.165) is 27.8 Å². The molecule has 5 aromatic rings. The summed E-state index contributed by atoms with van der Waals surface area (Å²) in [4.78, 5) is 18.4. The number of aromatic nitrogens is 2. The van der Waals surface area contributed by atoms with Crippen molar-refractivity contribution in [2.45, 2.75) is 13.1 Å². The van der Waals surface area contributed by atoms with E-state index in [2.05, 4.69) is 24.3 Å². The largest absolute Gasteiger partial charge is 0.326 e. The van der Waals surface area contributed by atoms with Gasteiger partial charge in [-0.05, 0) is 40.5 Å². The van der Waals surface area contributed by atoms with Crippen LogP contribution in [0.3, 0.4) is 0 Å². The number of fused-ring (bicyclic) bond motifs is 1. The molecular formula is C28H22ClN3O. The van der Waals surface area contributed by atoms with Crippen LogP contribution in [-0.2, 0) is 13.1 Å². The van der Waals surface area contributed by atoms with Crippen molar-refractivity contribution < 1.29 is 0 Å². The molecule has 5 rings (SSSR count). The van der Waals surface area contributed by atoms with Gasteiger partial charge >= 0.3 is 0 Å². The molecule has 0 aliphatic rings. The highest BCUT2D eigenvalue weighted by Gasteiger charge is 2.14. The third kappa shape index (κ3) is 4.31. The third-order valence-corrected chi connectivity index (χ3v) is 5.97. The first-order valence-electron chi connectivity index (χ1n) is 10.8. The fourth-order valence-electron chi connectivity index (χ4n) is 4.04. The minimum Gasteiger partial charge on any atom is -0.326 e. The van der Waals surface area contributed by atoms with Crippen molar-refractivity contribution in [3.05, 3.63) is 124 Å². The van der Waals surface area contributed by atoms with E-state index >= 15 is 0 Å². The second-order valence-electron chi connectivity index (χ2n) is 7.96. The molecule has 4 aromatic carbocycles. The number of benzene rings is 4. The molecule has 0 radical (unpaired) electrons. The lowest BCUT2D eigenvalue weighted by Crippen LogP contribution is -2.24. The minimum absolute atomic E-state index is 0.100. The van der Waals surface area contributed by atoms with E-state index in [-0.39, 0.29) is 5.56 Å². The van der Waals surface area contributed by atoms with E-state index in [1.54, 1.807) is 22.8 Å². The third-order valence-electron chi connectivity index (χ3n) is 5.74. The Balaban J connectivity index is 1.66. The number of rotatable bonds is 5. The van der Waals surface area contributed by atoms with Crippen molar-refractivity contribution in [2.75, 3.05) is 0 Å². The Hall–Kier alpha value is -3.73. The Morgan fingerprint density at radius 3 is 2.21 bits per heavy atom. The quantitative estimate of drug-likeness (QED) is 0.362. The van der Waals surface area contributed by atoms with E-state index in [1.165, 1.54) is 0 Å². The van der Waals surface area contributed by atoms with Crippen LogP contribution < -0.4 is 11.3 Å². The van der Waals surface area contributed by atoms with E-state index in [9.17, 15) is 4.79 Å². The van der Waals surface area contributed by atoms with Gasteiger partial charge in [-0.2, -0.15) is 0 Å². The summed E-state index contributed by atoms with van der Waals surface area (Å²) in [5.41, 5.74) is 11.4.